The number of aromatic nitrogens is 2. The maximum Gasteiger partial charge on any atom is 0.262 e. The van der Waals surface area contributed by atoms with Crippen LogP contribution in [-0.2, 0) is 0 Å². The van der Waals surface area contributed by atoms with Gasteiger partial charge in [-0.15, -0.1) is 0 Å². The highest BCUT2D eigenvalue weighted by molar-refractivity contribution is 6.31. The van der Waals surface area contributed by atoms with Gasteiger partial charge in [-0.05, 0) is 25.9 Å². The normalized spacial score (nSPS) is 18.0. The predicted octanol–water partition coefficient (Wildman–Crippen LogP) is 0.530. The van der Waals surface area contributed by atoms with Crippen molar-refractivity contribution in [2.24, 2.45) is 0 Å². The number of piperidine rings is 1. The lowest BCUT2D eigenvalue weighted by Crippen LogP contribution is -2.36. The van der Waals surface area contributed by atoms with Crippen LogP contribution in [0.4, 0.5) is 0 Å². The average Bonchev–Trinajstić information content (AvgIpc) is 2.32. The minimum Gasteiger partial charge on any atom is -0.489 e. The van der Waals surface area contributed by atoms with E-state index in [0.29, 0.717) is 11.6 Å². The summed E-state index contributed by atoms with van der Waals surface area (Å²) >= 11 is 5.91. The summed E-state index contributed by atoms with van der Waals surface area (Å²) in [5.41, 5.74) is 0. The second-order valence-corrected chi connectivity index (χ2v) is 4.48. The molecule has 0 bridgehead atoms. The summed E-state index contributed by atoms with van der Waals surface area (Å²) < 4.78 is 11.0. The van der Waals surface area contributed by atoms with E-state index < -0.39 is 0 Å². The monoisotopic (exact) mass is 255 g/mol. The SMILES string of the molecule is BN1CCC(Oc2ncnc(Cl)c2OC)CC1. The molecule has 0 N–H and O–H groups in total. The van der Waals surface area contributed by atoms with Crippen molar-refractivity contribution in [1.29, 1.82) is 0 Å². The first-order chi connectivity index (χ1) is 8.20. The summed E-state index contributed by atoms with van der Waals surface area (Å²) in [6, 6.07) is 0. The third-order valence-electron chi connectivity index (χ3n) is 2.88. The molecule has 7 heteroatoms. The van der Waals surface area contributed by atoms with Crippen LogP contribution < -0.4 is 9.47 Å². The van der Waals surface area contributed by atoms with Crippen LogP contribution in [0.1, 0.15) is 12.8 Å². The average molecular weight is 256 g/mol. The van der Waals surface area contributed by atoms with Gasteiger partial charge in [0.05, 0.1) is 7.11 Å². The fourth-order valence-corrected chi connectivity index (χ4v) is 2.06. The van der Waals surface area contributed by atoms with Crippen molar-refractivity contribution in [3.8, 4) is 11.6 Å². The Labute approximate surface area is 107 Å². The van der Waals surface area contributed by atoms with Crippen LogP contribution >= 0.6 is 11.6 Å². The van der Waals surface area contributed by atoms with E-state index in [1.165, 1.54) is 13.4 Å². The lowest BCUT2D eigenvalue weighted by atomic mass is 10.1. The molecule has 0 amide bonds. The zero-order valence-electron chi connectivity index (χ0n) is 10.0. The van der Waals surface area contributed by atoms with Gasteiger partial charge < -0.3 is 14.3 Å². The number of halogens is 1. The van der Waals surface area contributed by atoms with E-state index in [1.54, 1.807) is 0 Å². The summed E-state index contributed by atoms with van der Waals surface area (Å²) in [7, 11) is 3.64. The largest absolute Gasteiger partial charge is 0.489 e. The zero-order chi connectivity index (χ0) is 12.3. The van der Waals surface area contributed by atoms with Crippen LogP contribution in [0.5, 0.6) is 11.6 Å². The molecule has 2 heterocycles. The molecule has 0 spiro atoms. The summed E-state index contributed by atoms with van der Waals surface area (Å²) in [6.07, 6.45) is 3.53. The Bertz CT molecular complexity index is 386. The van der Waals surface area contributed by atoms with Gasteiger partial charge in [0.2, 0.25) is 5.75 Å². The highest BCUT2D eigenvalue weighted by Gasteiger charge is 2.21. The van der Waals surface area contributed by atoms with Gasteiger partial charge in [-0.1, -0.05) is 11.6 Å². The molecule has 1 aliphatic heterocycles. The van der Waals surface area contributed by atoms with E-state index in [9.17, 15) is 0 Å². The van der Waals surface area contributed by atoms with Crippen LogP contribution in [0.3, 0.4) is 0 Å². The van der Waals surface area contributed by atoms with E-state index in [4.69, 9.17) is 21.1 Å². The Kier molecular flexibility index (Phi) is 4.07. The number of methoxy groups -OCH3 is 1. The molecule has 17 heavy (non-hydrogen) atoms. The van der Waals surface area contributed by atoms with Crippen molar-refractivity contribution in [1.82, 2.24) is 14.8 Å². The van der Waals surface area contributed by atoms with Gasteiger partial charge in [-0.25, -0.2) is 4.98 Å². The first kappa shape index (κ1) is 12.5. The second kappa shape index (κ2) is 5.55. The van der Waals surface area contributed by atoms with Crippen LogP contribution in [0, 0.1) is 0 Å². The number of hydrogen-bond acceptors (Lipinski definition) is 5. The Hall–Kier alpha value is -1.01. The number of rotatable bonds is 3. The molecule has 92 valence electrons. The molecule has 0 aromatic carbocycles. The molecular formula is C10H15BClN3O2. The summed E-state index contributed by atoms with van der Waals surface area (Å²) in [4.78, 5) is 10.2. The van der Waals surface area contributed by atoms with Gasteiger partial charge >= 0.3 is 0 Å². The smallest absolute Gasteiger partial charge is 0.262 e. The van der Waals surface area contributed by atoms with Gasteiger partial charge in [0.15, 0.2) is 13.1 Å². The van der Waals surface area contributed by atoms with E-state index in [1.807, 2.05) is 0 Å². The molecular weight excluding hydrogens is 240 g/mol. The van der Waals surface area contributed by atoms with Crippen molar-refractivity contribution < 1.29 is 9.47 Å². The van der Waals surface area contributed by atoms with Crippen LogP contribution in [0.25, 0.3) is 0 Å². The van der Waals surface area contributed by atoms with Gasteiger partial charge in [0, 0.05) is 0 Å². The minimum absolute atomic E-state index is 0.172. The molecule has 1 fully saturated rings. The molecule has 0 aliphatic carbocycles. The molecule has 0 unspecified atom stereocenters. The van der Waals surface area contributed by atoms with Gasteiger partial charge in [0.25, 0.3) is 5.88 Å². The summed E-state index contributed by atoms with van der Waals surface area (Å²) in [6.45, 7) is 2.07. The summed E-state index contributed by atoms with van der Waals surface area (Å²) in [5.74, 6) is 0.843. The first-order valence-electron chi connectivity index (χ1n) is 5.60. The van der Waals surface area contributed by atoms with Crippen molar-refractivity contribution in [2.75, 3.05) is 20.2 Å². The first-order valence-corrected chi connectivity index (χ1v) is 5.98. The van der Waals surface area contributed by atoms with Crippen molar-refractivity contribution in [3.05, 3.63) is 11.5 Å². The minimum atomic E-state index is 0.172. The molecule has 5 nitrogen and oxygen atoms in total. The van der Waals surface area contributed by atoms with E-state index >= 15 is 0 Å². The Morgan fingerprint density at radius 1 is 1.41 bits per heavy atom. The summed E-state index contributed by atoms with van der Waals surface area (Å²) in [5, 5.41) is 0.283. The third kappa shape index (κ3) is 3.01. The lowest BCUT2D eigenvalue weighted by molar-refractivity contribution is 0.126. The van der Waals surface area contributed by atoms with Crippen molar-refractivity contribution in [3.63, 3.8) is 0 Å². The van der Waals surface area contributed by atoms with Gasteiger partial charge in [-0.3, -0.25) is 0 Å². The standard InChI is InChI=1S/C10H15BClN3O2/c1-16-8-9(12)13-6-14-10(8)17-7-2-4-15(11)5-3-7/h6-7H,2-5,11H2,1H3. The number of hydrogen-bond donors (Lipinski definition) is 0. The highest BCUT2D eigenvalue weighted by atomic mass is 35.5. The van der Waals surface area contributed by atoms with Crippen LogP contribution in [0.15, 0.2) is 6.33 Å². The van der Waals surface area contributed by atoms with Crippen molar-refractivity contribution >= 4 is 19.6 Å². The molecule has 1 saturated heterocycles. The molecule has 1 aromatic heterocycles. The van der Waals surface area contributed by atoms with Gasteiger partial charge in [-0.2, -0.15) is 4.98 Å². The fraction of sp³-hybridized carbons (Fsp3) is 0.600. The van der Waals surface area contributed by atoms with Gasteiger partial charge in [0.1, 0.15) is 12.4 Å². The second-order valence-electron chi connectivity index (χ2n) is 4.12. The molecule has 0 radical (unpaired) electrons. The van der Waals surface area contributed by atoms with E-state index in [2.05, 4.69) is 22.8 Å². The Morgan fingerprint density at radius 2 is 2.12 bits per heavy atom. The predicted molar refractivity (Wildman–Crippen MR) is 67.4 cm³/mol. The highest BCUT2D eigenvalue weighted by Crippen LogP contribution is 2.32. The maximum absolute atomic E-state index is 5.91. The number of ether oxygens (including phenoxy) is 2. The van der Waals surface area contributed by atoms with Crippen LogP contribution in [-0.4, -0.2) is 49.1 Å². The molecule has 0 saturated carbocycles. The number of nitrogens with zero attached hydrogens (tertiary/aromatic N) is 3. The molecule has 1 aromatic rings. The topological polar surface area (TPSA) is 47.5 Å². The molecule has 2 rings (SSSR count). The van der Waals surface area contributed by atoms with E-state index in [-0.39, 0.29) is 11.3 Å². The molecule has 0 atom stereocenters. The quantitative estimate of drug-likeness (QED) is 0.582. The fourth-order valence-electron chi connectivity index (χ4n) is 1.85. The van der Waals surface area contributed by atoms with Crippen molar-refractivity contribution in [2.45, 2.75) is 18.9 Å². The Balaban J connectivity index is 2.05. The third-order valence-corrected chi connectivity index (χ3v) is 3.14. The zero-order valence-corrected chi connectivity index (χ0v) is 10.8. The maximum atomic E-state index is 5.91. The van der Waals surface area contributed by atoms with Crippen LogP contribution in [0.2, 0.25) is 5.15 Å². The Morgan fingerprint density at radius 3 is 2.76 bits per heavy atom. The van der Waals surface area contributed by atoms with E-state index in [0.717, 1.165) is 25.9 Å². The lowest BCUT2D eigenvalue weighted by Gasteiger charge is -2.29. The molecule has 1 aliphatic rings.